The third kappa shape index (κ3) is 10.9. The number of halogens is 2. The molecule has 1 aliphatic rings. The number of alkyl halides is 2. The van der Waals surface area contributed by atoms with Crippen molar-refractivity contribution in [3.63, 3.8) is 0 Å². The molecule has 43 heavy (non-hydrogen) atoms. The van der Waals surface area contributed by atoms with Crippen molar-refractivity contribution in [3.05, 3.63) is 91.9 Å². The number of hydrogen-bond acceptors (Lipinski definition) is 7. The van der Waals surface area contributed by atoms with Crippen LogP contribution in [0.25, 0.3) is 27.4 Å². The average molecular weight is 747 g/mol. The molecule has 0 bridgehead atoms. The normalized spacial score (nSPS) is 13.2. The number of rotatable bonds is 8. The zero-order valence-electron chi connectivity index (χ0n) is 23.8. The lowest BCUT2D eigenvalue weighted by molar-refractivity contribution is 0.0646. The Bertz CT molecular complexity index is 1440. The molecule has 0 amide bonds. The van der Waals surface area contributed by atoms with Crippen molar-refractivity contribution in [3.8, 4) is 28.6 Å². The molecule has 5 rings (SSSR count). The molecule has 0 radical (unpaired) electrons. The van der Waals surface area contributed by atoms with Gasteiger partial charge < -0.3 is 14.3 Å². The highest BCUT2D eigenvalue weighted by Crippen LogP contribution is 2.41. The second-order valence-corrected chi connectivity index (χ2v) is 13.3. The number of nitrogens with zero attached hydrogens (tertiary/aromatic N) is 4. The summed E-state index contributed by atoms with van der Waals surface area (Å²) in [6, 6.07) is 22.4. The van der Waals surface area contributed by atoms with Gasteiger partial charge in [0.15, 0.2) is 5.01 Å². The maximum Gasteiger partial charge on any atom is 0.287 e. The molecule has 228 valence electrons. The molecule has 2 aromatic heterocycles. The van der Waals surface area contributed by atoms with Gasteiger partial charge in [-0.25, -0.2) is 16.5 Å². The van der Waals surface area contributed by atoms with Crippen LogP contribution < -0.4 is 0 Å². The number of hydrogen-bond donors (Lipinski definition) is 0. The number of aromatic nitrogens is 2. The van der Waals surface area contributed by atoms with Crippen LogP contribution in [0.4, 0.5) is 0 Å². The van der Waals surface area contributed by atoms with Gasteiger partial charge in [-0.05, 0) is 13.8 Å². The van der Waals surface area contributed by atoms with Gasteiger partial charge >= 0.3 is 0 Å². The molecular weight excluding hydrogens is 708 g/mol. The second-order valence-electron chi connectivity index (χ2n) is 9.25. The van der Waals surface area contributed by atoms with E-state index in [0.717, 1.165) is 69.2 Å². The van der Waals surface area contributed by atoms with Crippen LogP contribution in [-0.2, 0) is 21.4 Å². The molecule has 0 N–H and O–H groups in total. The highest BCUT2D eigenvalue weighted by atomic mass is 79.9. The Morgan fingerprint density at radius 1 is 0.907 bits per heavy atom. The molecule has 0 atom stereocenters. The zero-order valence-corrected chi connectivity index (χ0v) is 28.6. The SMILES string of the molecule is BrCCOCCBr.C.Cc1sc(CC#N)nc1-c1ccccc1.[C-]#[N+]C1(c2nc(-c3ccccc3)c(C)s2)CCOCC1. The van der Waals surface area contributed by atoms with Crippen molar-refractivity contribution in [2.24, 2.45) is 0 Å². The summed E-state index contributed by atoms with van der Waals surface area (Å²) in [6.07, 6.45) is 1.90. The minimum Gasteiger partial charge on any atom is -0.381 e. The van der Waals surface area contributed by atoms with Crippen LogP contribution >= 0.6 is 54.5 Å². The third-order valence-corrected chi connectivity index (χ3v) is 9.12. The van der Waals surface area contributed by atoms with Gasteiger partial charge in [-0.3, -0.25) is 0 Å². The Kier molecular flexibility index (Phi) is 16.9. The molecule has 3 heterocycles. The van der Waals surface area contributed by atoms with Crippen molar-refractivity contribution in [1.29, 1.82) is 5.26 Å². The first-order valence-corrected chi connectivity index (χ1v) is 17.4. The van der Waals surface area contributed by atoms with Crippen molar-refractivity contribution in [2.75, 3.05) is 37.1 Å². The maximum absolute atomic E-state index is 8.61. The summed E-state index contributed by atoms with van der Waals surface area (Å²) in [7, 11) is 0. The molecule has 1 saturated heterocycles. The predicted molar refractivity (Wildman–Crippen MR) is 187 cm³/mol. The lowest BCUT2D eigenvalue weighted by Gasteiger charge is -2.24. The summed E-state index contributed by atoms with van der Waals surface area (Å²) in [4.78, 5) is 15.5. The predicted octanol–water partition coefficient (Wildman–Crippen LogP) is 9.66. The van der Waals surface area contributed by atoms with Gasteiger partial charge in [0.1, 0.15) is 5.01 Å². The van der Waals surface area contributed by atoms with Crippen LogP contribution in [0.1, 0.15) is 40.0 Å². The topological polar surface area (TPSA) is 72.4 Å². The Morgan fingerprint density at radius 3 is 1.91 bits per heavy atom. The van der Waals surface area contributed by atoms with E-state index >= 15 is 0 Å². The first-order valence-electron chi connectivity index (χ1n) is 13.6. The van der Waals surface area contributed by atoms with Crippen LogP contribution in [-0.4, -0.2) is 47.1 Å². The second kappa shape index (κ2) is 19.8. The van der Waals surface area contributed by atoms with Gasteiger partial charge in [0.2, 0.25) is 0 Å². The summed E-state index contributed by atoms with van der Waals surface area (Å²) < 4.78 is 10.4. The molecule has 1 aliphatic heterocycles. The van der Waals surface area contributed by atoms with E-state index in [-0.39, 0.29) is 7.43 Å². The number of thiazole rings is 2. The van der Waals surface area contributed by atoms with Crippen LogP contribution in [0.2, 0.25) is 0 Å². The van der Waals surface area contributed by atoms with Gasteiger partial charge in [-0.15, -0.1) is 22.7 Å². The number of nitriles is 1. The van der Waals surface area contributed by atoms with E-state index in [1.807, 2.05) is 55.5 Å². The van der Waals surface area contributed by atoms with E-state index in [1.165, 1.54) is 9.75 Å². The van der Waals surface area contributed by atoms with Gasteiger partial charge in [-0.2, -0.15) is 5.26 Å². The highest BCUT2D eigenvalue weighted by Gasteiger charge is 2.44. The Labute approximate surface area is 281 Å². The average Bonchev–Trinajstić information content (AvgIpc) is 3.61. The fraction of sp³-hybridized carbons (Fsp3) is 0.394. The smallest absolute Gasteiger partial charge is 0.287 e. The van der Waals surface area contributed by atoms with Crippen LogP contribution in [0.5, 0.6) is 0 Å². The summed E-state index contributed by atoms with van der Waals surface area (Å²) in [5.41, 5.74) is 3.79. The summed E-state index contributed by atoms with van der Waals surface area (Å²) in [5, 5.41) is 12.3. The quantitative estimate of drug-likeness (QED) is 0.102. The fourth-order valence-electron chi connectivity index (χ4n) is 4.21. The minimum atomic E-state index is -0.472. The number of ether oxygens (including phenoxy) is 2. The van der Waals surface area contributed by atoms with Crippen LogP contribution in [0.15, 0.2) is 60.7 Å². The molecule has 1 fully saturated rings. The van der Waals surface area contributed by atoms with Gasteiger partial charge in [0.25, 0.3) is 5.54 Å². The lowest BCUT2D eigenvalue weighted by Crippen LogP contribution is -2.30. The van der Waals surface area contributed by atoms with E-state index in [4.69, 9.17) is 26.3 Å². The summed E-state index contributed by atoms with van der Waals surface area (Å²) >= 11 is 9.74. The molecule has 0 aliphatic carbocycles. The first kappa shape index (κ1) is 36.8. The molecule has 10 heteroatoms. The molecule has 0 spiro atoms. The van der Waals surface area contributed by atoms with E-state index in [0.29, 0.717) is 19.6 Å². The van der Waals surface area contributed by atoms with Crippen LogP contribution in [0.3, 0.4) is 0 Å². The van der Waals surface area contributed by atoms with Crippen molar-refractivity contribution in [1.82, 2.24) is 9.97 Å². The molecule has 4 aromatic rings. The van der Waals surface area contributed by atoms with Crippen molar-refractivity contribution in [2.45, 2.75) is 46.1 Å². The van der Waals surface area contributed by atoms with E-state index in [9.17, 15) is 0 Å². The maximum atomic E-state index is 8.61. The zero-order chi connectivity index (χ0) is 30.2. The summed E-state index contributed by atoms with van der Waals surface area (Å²) in [5.74, 6) is 0. The molecule has 0 unspecified atom stereocenters. The fourth-order valence-corrected chi connectivity index (χ4v) is 6.68. The lowest BCUT2D eigenvalue weighted by atomic mass is 9.92. The monoisotopic (exact) mass is 744 g/mol. The Hall–Kier alpha value is -2.44. The largest absolute Gasteiger partial charge is 0.381 e. The Morgan fingerprint density at radius 2 is 1.42 bits per heavy atom. The van der Waals surface area contributed by atoms with Crippen molar-refractivity contribution < 1.29 is 9.47 Å². The first-order chi connectivity index (χ1) is 20.5. The minimum absolute atomic E-state index is 0. The van der Waals surface area contributed by atoms with Gasteiger partial charge in [0, 0.05) is 31.5 Å². The van der Waals surface area contributed by atoms with E-state index < -0.39 is 5.54 Å². The van der Waals surface area contributed by atoms with Gasteiger partial charge in [0.05, 0.1) is 63.1 Å². The molecule has 0 saturated carbocycles. The standard InChI is InChI=1S/C16H16N2OS.C12H10N2S.C4H8Br2O.CH4/c1-12-14(13-6-4-3-5-7-13)18-15(20-12)16(17-2)8-10-19-11-9-16;1-9-12(10-5-3-2-4-6-10)14-11(15-9)7-8-13;5-1-3-7-4-2-6;/h3-7H,8-11H2,1H3;2-6H,7H2,1H3;1-4H2;1H4. The molecule has 6 nitrogen and oxygen atoms in total. The number of benzene rings is 2. The highest BCUT2D eigenvalue weighted by molar-refractivity contribution is 9.09. The Balaban J connectivity index is 0.000000249. The summed E-state index contributed by atoms with van der Waals surface area (Å²) in [6.45, 7) is 14.7. The van der Waals surface area contributed by atoms with Crippen LogP contribution in [0, 0.1) is 31.8 Å². The van der Waals surface area contributed by atoms with Crippen molar-refractivity contribution >= 4 is 54.5 Å². The number of aryl methyl sites for hydroxylation is 2. The van der Waals surface area contributed by atoms with E-state index in [2.05, 4.69) is 66.8 Å². The molecule has 2 aromatic carbocycles. The third-order valence-electron chi connectivity index (χ3n) is 6.34. The van der Waals surface area contributed by atoms with E-state index in [1.54, 1.807) is 22.7 Å². The van der Waals surface area contributed by atoms with Gasteiger partial charge in [-0.1, -0.05) is 100.0 Å². The molecular formula is C33H38Br2N4O2S2.